The van der Waals surface area contributed by atoms with Crippen LogP contribution >= 0.6 is 0 Å². The van der Waals surface area contributed by atoms with Gasteiger partial charge in [0.25, 0.3) is 5.91 Å². The third kappa shape index (κ3) is 4.23. The first-order valence-corrected chi connectivity index (χ1v) is 12.0. The monoisotopic (exact) mass is 456 g/mol. The van der Waals surface area contributed by atoms with Crippen molar-refractivity contribution in [3.8, 4) is 6.07 Å². The quantitative estimate of drug-likeness (QED) is 0.704. The molecule has 0 spiro atoms. The van der Waals surface area contributed by atoms with Gasteiger partial charge in [0.05, 0.1) is 23.9 Å². The van der Waals surface area contributed by atoms with Crippen molar-refractivity contribution in [2.75, 3.05) is 0 Å². The minimum atomic E-state index is -2.57. The number of halogens is 2. The van der Waals surface area contributed by atoms with E-state index in [1.165, 1.54) is 0 Å². The maximum Gasteiger partial charge on any atom is 0.251 e. The van der Waals surface area contributed by atoms with Gasteiger partial charge in [-0.05, 0) is 62.5 Å². The molecular formula is C25H30F2N4O2. The second kappa shape index (κ2) is 8.35. The zero-order valence-corrected chi connectivity index (χ0v) is 19.1. The van der Waals surface area contributed by atoms with Crippen LogP contribution in [0.3, 0.4) is 0 Å². The summed E-state index contributed by atoms with van der Waals surface area (Å²) in [6.07, 6.45) is 4.51. The van der Waals surface area contributed by atoms with E-state index in [1.807, 2.05) is 18.2 Å². The van der Waals surface area contributed by atoms with E-state index in [0.29, 0.717) is 36.2 Å². The summed E-state index contributed by atoms with van der Waals surface area (Å²) in [6.45, 7) is 4.07. The Kier molecular flexibility index (Phi) is 5.64. The maximum absolute atomic E-state index is 13.6. The molecule has 1 amide bonds. The van der Waals surface area contributed by atoms with E-state index in [0.717, 1.165) is 30.7 Å². The van der Waals surface area contributed by atoms with Crippen LogP contribution in [0.15, 0.2) is 12.1 Å². The molecule has 0 unspecified atom stereocenters. The van der Waals surface area contributed by atoms with Gasteiger partial charge in [0.1, 0.15) is 17.4 Å². The van der Waals surface area contributed by atoms with Crippen molar-refractivity contribution < 1.29 is 18.3 Å². The Morgan fingerprint density at radius 1 is 1.30 bits per heavy atom. The van der Waals surface area contributed by atoms with Gasteiger partial charge in [0, 0.05) is 24.1 Å². The summed E-state index contributed by atoms with van der Waals surface area (Å²) in [5, 5.41) is 13.0. The summed E-state index contributed by atoms with van der Waals surface area (Å²) in [4.78, 5) is 17.8. The number of pyridine rings is 1. The molecule has 3 aliphatic rings. The van der Waals surface area contributed by atoms with Gasteiger partial charge in [-0.25, -0.2) is 13.8 Å². The van der Waals surface area contributed by atoms with Crippen LogP contribution in [-0.2, 0) is 11.2 Å². The van der Waals surface area contributed by atoms with E-state index in [4.69, 9.17) is 9.72 Å². The molecule has 3 atom stereocenters. The second-order valence-corrected chi connectivity index (χ2v) is 10.2. The van der Waals surface area contributed by atoms with Crippen molar-refractivity contribution in [3.05, 3.63) is 34.8 Å². The molecule has 1 saturated carbocycles. The van der Waals surface area contributed by atoms with Crippen LogP contribution in [-0.4, -0.2) is 39.5 Å². The van der Waals surface area contributed by atoms with E-state index in [1.54, 1.807) is 12.1 Å². The topological polar surface area (TPSA) is 79.4 Å². The third-order valence-corrected chi connectivity index (χ3v) is 7.51. The molecule has 2 aromatic heterocycles. The summed E-state index contributed by atoms with van der Waals surface area (Å²) in [5.41, 5.74) is 3.08. The number of hydrogen-bond donors (Lipinski definition) is 1. The first-order chi connectivity index (χ1) is 15.7. The molecule has 4 heterocycles. The average molecular weight is 457 g/mol. The number of rotatable bonds is 5. The lowest BCUT2D eigenvalue weighted by Crippen LogP contribution is -2.41. The highest BCUT2D eigenvalue weighted by atomic mass is 19.3. The highest BCUT2D eigenvalue weighted by Gasteiger charge is 2.41. The van der Waals surface area contributed by atoms with E-state index >= 15 is 0 Å². The van der Waals surface area contributed by atoms with Crippen LogP contribution in [0.5, 0.6) is 0 Å². The summed E-state index contributed by atoms with van der Waals surface area (Å²) in [6, 6.07) is 5.57. The molecule has 1 aliphatic carbocycles. The molecule has 2 bridgehead atoms. The van der Waals surface area contributed by atoms with E-state index in [2.05, 4.69) is 11.4 Å². The number of nitriles is 1. The van der Waals surface area contributed by atoms with Crippen LogP contribution in [0.2, 0.25) is 0 Å². The third-order valence-electron chi connectivity index (χ3n) is 7.51. The summed E-state index contributed by atoms with van der Waals surface area (Å²) >= 11 is 0. The zero-order chi connectivity index (χ0) is 23.3. The molecule has 6 nitrogen and oxygen atoms in total. The van der Waals surface area contributed by atoms with Crippen molar-refractivity contribution in [1.29, 1.82) is 5.26 Å². The number of hydrogen-bond acceptors (Lipinski definition) is 4. The van der Waals surface area contributed by atoms with Crippen LogP contribution in [0.1, 0.15) is 92.2 Å². The molecular weight excluding hydrogens is 426 g/mol. The Morgan fingerprint density at radius 2 is 2.06 bits per heavy atom. The van der Waals surface area contributed by atoms with Crippen molar-refractivity contribution in [2.45, 2.75) is 95.3 Å². The van der Waals surface area contributed by atoms with E-state index < -0.39 is 5.92 Å². The van der Waals surface area contributed by atoms with Crippen molar-refractivity contribution in [1.82, 2.24) is 14.7 Å². The number of alkyl halides is 2. The van der Waals surface area contributed by atoms with Crippen LogP contribution in [0.25, 0.3) is 5.65 Å². The smallest absolute Gasteiger partial charge is 0.251 e. The molecule has 1 N–H and O–H groups in total. The summed E-state index contributed by atoms with van der Waals surface area (Å²) in [7, 11) is 0. The van der Waals surface area contributed by atoms with E-state index in [-0.39, 0.29) is 48.8 Å². The van der Waals surface area contributed by atoms with Crippen molar-refractivity contribution >= 4 is 11.6 Å². The molecule has 0 aromatic carbocycles. The first kappa shape index (κ1) is 22.3. The molecule has 176 valence electrons. The largest absolute Gasteiger partial charge is 0.373 e. The Morgan fingerprint density at radius 3 is 2.67 bits per heavy atom. The lowest BCUT2D eigenvalue weighted by Gasteiger charge is -2.28. The molecule has 2 saturated heterocycles. The number of carbonyl (C=O) groups is 1. The highest BCUT2D eigenvalue weighted by Crippen LogP contribution is 2.39. The Balaban J connectivity index is 1.45. The normalized spacial score (nSPS) is 26.7. The average Bonchev–Trinajstić information content (AvgIpc) is 3.49. The fourth-order valence-corrected chi connectivity index (χ4v) is 5.74. The number of amides is 1. The van der Waals surface area contributed by atoms with Crippen molar-refractivity contribution in [2.24, 2.45) is 5.92 Å². The van der Waals surface area contributed by atoms with Gasteiger partial charge in [0.15, 0.2) is 0 Å². The van der Waals surface area contributed by atoms with Gasteiger partial charge in [-0.1, -0.05) is 13.8 Å². The Bertz CT molecular complexity index is 1110. The molecule has 8 heteroatoms. The molecule has 0 radical (unpaired) electrons. The fourth-order valence-electron chi connectivity index (χ4n) is 5.74. The van der Waals surface area contributed by atoms with Gasteiger partial charge >= 0.3 is 0 Å². The number of imidazole rings is 1. The standard InChI is InChI=1S/C25H30F2N4O2/c1-14(2)23-20(9-15-5-7-25(26,27)8-6-15)31-17(13-28)10-16(11-22(31)30-23)24(32)29-19-12-18-3-4-21(19)33-18/h10-11,14-15,18-19,21H,3-9,12H2,1-2H3,(H,29,32)/t18-,19-,21+/m0/s1. The molecule has 2 aliphatic heterocycles. The Hall–Kier alpha value is -2.53. The van der Waals surface area contributed by atoms with Gasteiger partial charge in [-0.2, -0.15) is 5.26 Å². The number of ether oxygens (including phenoxy) is 1. The van der Waals surface area contributed by atoms with Gasteiger partial charge < -0.3 is 10.1 Å². The molecule has 33 heavy (non-hydrogen) atoms. The van der Waals surface area contributed by atoms with Crippen LogP contribution in [0.4, 0.5) is 8.78 Å². The Labute approximate surface area is 192 Å². The number of carbonyl (C=O) groups excluding carboxylic acids is 1. The number of aromatic nitrogens is 2. The second-order valence-electron chi connectivity index (χ2n) is 10.2. The first-order valence-electron chi connectivity index (χ1n) is 12.0. The van der Waals surface area contributed by atoms with Gasteiger partial charge in [-0.3, -0.25) is 9.20 Å². The van der Waals surface area contributed by atoms with Gasteiger partial charge in [0.2, 0.25) is 5.92 Å². The van der Waals surface area contributed by atoms with Crippen LogP contribution in [0, 0.1) is 17.2 Å². The van der Waals surface area contributed by atoms with E-state index in [9.17, 15) is 18.8 Å². The molecule has 5 rings (SSSR count). The van der Waals surface area contributed by atoms with Crippen molar-refractivity contribution in [3.63, 3.8) is 0 Å². The maximum atomic E-state index is 13.6. The predicted octanol–water partition coefficient (Wildman–Crippen LogP) is 4.75. The van der Waals surface area contributed by atoms with Crippen LogP contribution < -0.4 is 5.32 Å². The summed E-state index contributed by atoms with van der Waals surface area (Å²) in [5.74, 6) is -2.55. The zero-order valence-electron chi connectivity index (χ0n) is 19.1. The molecule has 3 fully saturated rings. The lowest BCUT2D eigenvalue weighted by molar-refractivity contribution is -0.0457. The SMILES string of the molecule is CC(C)c1nc2cc(C(=O)N[C@H]3C[C@@H]4CC[C@H]3O4)cc(C#N)n2c1CC1CCC(F)(F)CC1. The number of nitrogens with one attached hydrogen (secondary N) is 1. The highest BCUT2D eigenvalue weighted by molar-refractivity contribution is 5.95. The number of nitrogens with zero attached hydrogens (tertiary/aromatic N) is 3. The molecule has 2 aromatic rings. The summed E-state index contributed by atoms with van der Waals surface area (Å²) < 4.78 is 34.9. The lowest BCUT2D eigenvalue weighted by atomic mass is 9.83. The minimum absolute atomic E-state index is 0.00368. The van der Waals surface area contributed by atoms with Gasteiger partial charge in [-0.15, -0.1) is 0 Å². The fraction of sp³-hybridized carbons (Fsp3) is 0.640. The predicted molar refractivity (Wildman–Crippen MR) is 118 cm³/mol. The number of fused-ring (bicyclic) bond motifs is 3. The minimum Gasteiger partial charge on any atom is -0.373 e.